The molecule has 0 saturated heterocycles. The Balaban J connectivity index is 1.96. The first-order valence-corrected chi connectivity index (χ1v) is 7.94. The predicted octanol–water partition coefficient (Wildman–Crippen LogP) is 2.35. The number of carbonyl (C=O) groups excluding carboxylic acids is 2. The third-order valence-electron chi connectivity index (χ3n) is 4.57. The number of carbonyl (C=O) groups is 2. The largest absolute Gasteiger partial charge is 0.374 e. The van der Waals surface area contributed by atoms with Crippen LogP contribution in [-0.2, 0) is 15.2 Å². The van der Waals surface area contributed by atoms with Crippen molar-refractivity contribution in [3.05, 3.63) is 58.1 Å². The number of likely N-dealkylation sites (N-methyl/N-ethyl adjacent to an activating group) is 1. The number of nitrogens with one attached hydrogen (secondary N) is 1. The molecule has 0 aliphatic carbocycles. The Morgan fingerprint density at radius 1 is 1.22 bits per heavy atom. The highest BCUT2D eigenvalue weighted by Crippen LogP contribution is 2.51. The minimum absolute atomic E-state index is 0.376. The van der Waals surface area contributed by atoms with Gasteiger partial charge in [-0.1, -0.05) is 34.1 Å². The van der Waals surface area contributed by atoms with Crippen molar-refractivity contribution >= 4 is 39.1 Å². The summed E-state index contributed by atoms with van der Waals surface area (Å²) < 4.78 is 0.786. The number of amides is 2. The first kappa shape index (κ1) is 14.4. The van der Waals surface area contributed by atoms with Crippen molar-refractivity contribution in [3.8, 4) is 0 Å². The minimum atomic E-state index is -1.90. The minimum Gasteiger partial charge on any atom is -0.374 e. The molecular formula is C17H13BrN2O3. The Labute approximate surface area is 141 Å². The number of rotatable bonds is 1. The molecule has 2 N–H and O–H groups in total. The first-order valence-electron chi connectivity index (χ1n) is 7.15. The predicted molar refractivity (Wildman–Crippen MR) is 89.3 cm³/mol. The van der Waals surface area contributed by atoms with Crippen molar-refractivity contribution in [1.82, 2.24) is 0 Å². The smallest absolute Gasteiger partial charge is 0.264 e. The summed E-state index contributed by atoms with van der Waals surface area (Å²) in [5, 5.41) is 14.1. The average molecular weight is 373 g/mol. The van der Waals surface area contributed by atoms with Gasteiger partial charge in [0.1, 0.15) is 5.92 Å². The van der Waals surface area contributed by atoms with E-state index in [1.807, 2.05) is 6.07 Å². The molecular weight excluding hydrogens is 360 g/mol. The van der Waals surface area contributed by atoms with E-state index in [9.17, 15) is 14.7 Å². The van der Waals surface area contributed by atoms with Crippen LogP contribution in [0.1, 0.15) is 17.0 Å². The number of fused-ring (bicyclic) bond motifs is 2. The van der Waals surface area contributed by atoms with E-state index in [2.05, 4.69) is 21.2 Å². The van der Waals surface area contributed by atoms with E-state index in [1.54, 1.807) is 43.4 Å². The van der Waals surface area contributed by atoms with E-state index < -0.39 is 17.4 Å². The molecule has 0 unspecified atom stereocenters. The third-order valence-corrected chi connectivity index (χ3v) is 5.06. The number of aliphatic hydroxyl groups is 1. The molecule has 0 radical (unpaired) electrons. The lowest BCUT2D eigenvalue weighted by atomic mass is 9.78. The molecule has 2 aromatic carbocycles. The Hall–Kier alpha value is -2.18. The number of halogens is 1. The molecule has 2 aliphatic rings. The second-order valence-electron chi connectivity index (χ2n) is 5.80. The molecule has 0 spiro atoms. The molecule has 2 aliphatic heterocycles. The molecule has 23 heavy (non-hydrogen) atoms. The number of benzene rings is 2. The summed E-state index contributed by atoms with van der Waals surface area (Å²) in [5.74, 6) is -1.85. The Kier molecular flexibility index (Phi) is 2.92. The van der Waals surface area contributed by atoms with Crippen molar-refractivity contribution in [2.24, 2.45) is 0 Å². The fourth-order valence-electron chi connectivity index (χ4n) is 3.49. The number of hydrogen-bond acceptors (Lipinski definition) is 3. The fourth-order valence-corrected chi connectivity index (χ4v) is 3.87. The van der Waals surface area contributed by atoms with Gasteiger partial charge in [-0.2, -0.15) is 0 Å². The normalized spacial score (nSPS) is 25.3. The summed E-state index contributed by atoms with van der Waals surface area (Å²) in [5.41, 5.74) is 0.417. The number of nitrogens with zero attached hydrogens (tertiary/aromatic N) is 1. The van der Waals surface area contributed by atoms with Crippen LogP contribution < -0.4 is 10.2 Å². The van der Waals surface area contributed by atoms with E-state index in [0.29, 0.717) is 22.5 Å². The molecule has 0 bridgehead atoms. The molecule has 2 amide bonds. The lowest BCUT2D eigenvalue weighted by Gasteiger charge is -2.27. The number of para-hydroxylation sites is 1. The molecule has 0 saturated carbocycles. The maximum atomic E-state index is 12.8. The van der Waals surface area contributed by atoms with Gasteiger partial charge in [-0.05, 0) is 29.8 Å². The molecule has 6 heteroatoms. The van der Waals surface area contributed by atoms with Gasteiger partial charge in [0.15, 0.2) is 5.60 Å². The van der Waals surface area contributed by atoms with Gasteiger partial charge in [0.25, 0.3) is 5.91 Å². The molecule has 0 aromatic heterocycles. The highest BCUT2D eigenvalue weighted by Gasteiger charge is 2.58. The maximum absolute atomic E-state index is 12.8. The van der Waals surface area contributed by atoms with Crippen molar-refractivity contribution in [2.45, 2.75) is 11.5 Å². The van der Waals surface area contributed by atoms with Gasteiger partial charge < -0.3 is 15.3 Å². The second-order valence-corrected chi connectivity index (χ2v) is 6.72. The summed E-state index contributed by atoms with van der Waals surface area (Å²) in [6, 6.07) is 12.3. The Bertz CT molecular complexity index is 867. The van der Waals surface area contributed by atoms with Crippen LogP contribution in [-0.4, -0.2) is 24.0 Å². The summed E-state index contributed by atoms with van der Waals surface area (Å²) in [4.78, 5) is 26.7. The number of hydrogen-bond donors (Lipinski definition) is 2. The highest BCUT2D eigenvalue weighted by molar-refractivity contribution is 9.10. The van der Waals surface area contributed by atoms with Crippen molar-refractivity contribution in [3.63, 3.8) is 0 Å². The van der Waals surface area contributed by atoms with Gasteiger partial charge in [-0.25, -0.2) is 0 Å². The van der Waals surface area contributed by atoms with Crippen molar-refractivity contribution < 1.29 is 14.7 Å². The van der Waals surface area contributed by atoms with Crippen LogP contribution in [0.2, 0.25) is 0 Å². The maximum Gasteiger partial charge on any atom is 0.264 e. The first-order chi connectivity index (χ1) is 10.9. The topological polar surface area (TPSA) is 69.6 Å². The van der Waals surface area contributed by atoms with E-state index in [-0.39, 0.29) is 5.91 Å². The van der Waals surface area contributed by atoms with Crippen LogP contribution in [0.5, 0.6) is 0 Å². The molecule has 4 rings (SSSR count). The second kappa shape index (κ2) is 4.66. The summed E-state index contributed by atoms with van der Waals surface area (Å²) in [6.45, 7) is 0. The molecule has 2 aromatic rings. The molecule has 116 valence electrons. The monoisotopic (exact) mass is 372 g/mol. The van der Waals surface area contributed by atoms with Gasteiger partial charge in [-0.15, -0.1) is 0 Å². The van der Waals surface area contributed by atoms with Crippen LogP contribution in [0.25, 0.3) is 0 Å². The third kappa shape index (κ3) is 1.76. The van der Waals surface area contributed by atoms with Crippen LogP contribution in [0, 0.1) is 0 Å². The highest BCUT2D eigenvalue weighted by atomic mass is 79.9. The van der Waals surface area contributed by atoms with Gasteiger partial charge in [0.2, 0.25) is 5.91 Å². The quantitative estimate of drug-likeness (QED) is 0.807. The zero-order valence-electron chi connectivity index (χ0n) is 12.2. The van der Waals surface area contributed by atoms with Crippen LogP contribution in [0.15, 0.2) is 46.9 Å². The Morgan fingerprint density at radius 3 is 2.74 bits per heavy atom. The molecule has 2 heterocycles. The fraction of sp³-hybridized carbons (Fsp3) is 0.176. The summed E-state index contributed by atoms with van der Waals surface area (Å²) >= 11 is 3.38. The van der Waals surface area contributed by atoms with Crippen molar-refractivity contribution in [1.29, 1.82) is 0 Å². The van der Waals surface area contributed by atoms with Crippen LogP contribution in [0.3, 0.4) is 0 Å². The lowest BCUT2D eigenvalue weighted by Crippen LogP contribution is -2.45. The van der Waals surface area contributed by atoms with Crippen LogP contribution >= 0.6 is 15.9 Å². The van der Waals surface area contributed by atoms with E-state index in [4.69, 9.17) is 0 Å². The molecule has 0 fully saturated rings. The standard InChI is InChI=1S/C17H13BrN2O3/c1-20-13-5-3-2-4-11(13)17(23,16(20)22)14-10-8-9(18)6-7-12(10)19-15(14)21/h2-8,14,23H,1H3,(H,19,21)/t14-,17+/m1/s1. The van der Waals surface area contributed by atoms with E-state index in [0.717, 1.165) is 4.47 Å². The van der Waals surface area contributed by atoms with E-state index in [1.165, 1.54) is 4.90 Å². The SMILES string of the molecule is CN1C(=O)[C@@](O)([C@H]2C(=O)Nc3ccc(Br)cc32)c2ccccc21. The number of anilines is 2. The summed E-state index contributed by atoms with van der Waals surface area (Å²) in [6.07, 6.45) is 0. The zero-order chi connectivity index (χ0) is 16.4. The molecule has 2 atom stereocenters. The van der Waals surface area contributed by atoms with Gasteiger partial charge in [-0.3, -0.25) is 9.59 Å². The van der Waals surface area contributed by atoms with Crippen LogP contribution in [0.4, 0.5) is 11.4 Å². The lowest BCUT2D eigenvalue weighted by molar-refractivity contribution is -0.143. The molecule has 5 nitrogen and oxygen atoms in total. The van der Waals surface area contributed by atoms with Gasteiger partial charge >= 0.3 is 0 Å². The zero-order valence-corrected chi connectivity index (χ0v) is 13.8. The summed E-state index contributed by atoms with van der Waals surface area (Å²) in [7, 11) is 1.60. The van der Waals surface area contributed by atoms with Gasteiger partial charge in [0, 0.05) is 22.8 Å². The average Bonchev–Trinajstić information content (AvgIpc) is 2.96. The van der Waals surface area contributed by atoms with Gasteiger partial charge in [0.05, 0.1) is 5.69 Å². The Morgan fingerprint density at radius 2 is 1.96 bits per heavy atom. The van der Waals surface area contributed by atoms with E-state index >= 15 is 0 Å². The van der Waals surface area contributed by atoms with Crippen molar-refractivity contribution in [2.75, 3.05) is 17.3 Å².